The molecule has 19 heavy (non-hydrogen) atoms. The number of carboxylic acids is 1. The van der Waals surface area contributed by atoms with Gasteiger partial charge in [-0.1, -0.05) is 13.8 Å². The van der Waals surface area contributed by atoms with Crippen LogP contribution in [0.15, 0.2) is 0 Å². The molecule has 0 spiro atoms. The zero-order valence-electron chi connectivity index (χ0n) is 11.7. The lowest BCUT2D eigenvalue weighted by molar-refractivity contribution is -0.137. The summed E-state index contributed by atoms with van der Waals surface area (Å²) in [6, 6.07) is -0.434. The van der Waals surface area contributed by atoms with Crippen LogP contribution in [0, 0.1) is 17.3 Å². The Labute approximate surface area is 114 Å². The van der Waals surface area contributed by atoms with Gasteiger partial charge in [-0.25, -0.2) is 4.79 Å². The number of urea groups is 1. The minimum Gasteiger partial charge on any atom is -0.481 e. The van der Waals surface area contributed by atoms with Gasteiger partial charge >= 0.3 is 12.0 Å². The standard InChI is InChI=1S/C14H24N2O3/c1-9(2)14(5-6-14)8-15-13(19)16-11(7-12(17)18)10-3-4-10/h9-11H,3-8H2,1-2H3,(H,17,18)(H2,15,16,19). The number of rotatable bonds is 7. The van der Waals surface area contributed by atoms with Crippen molar-refractivity contribution in [3.63, 3.8) is 0 Å². The van der Waals surface area contributed by atoms with Crippen molar-refractivity contribution in [2.45, 2.75) is 52.0 Å². The topological polar surface area (TPSA) is 78.4 Å². The Kier molecular flexibility index (Phi) is 4.02. The summed E-state index contributed by atoms with van der Waals surface area (Å²) in [7, 11) is 0. The Morgan fingerprint density at radius 1 is 1.32 bits per heavy atom. The van der Waals surface area contributed by atoms with Crippen molar-refractivity contribution in [3.8, 4) is 0 Å². The Balaban J connectivity index is 1.75. The van der Waals surface area contributed by atoms with Gasteiger partial charge in [0.05, 0.1) is 6.42 Å². The van der Waals surface area contributed by atoms with Crippen LogP contribution in [0.3, 0.4) is 0 Å². The summed E-state index contributed by atoms with van der Waals surface area (Å²) in [4.78, 5) is 22.6. The van der Waals surface area contributed by atoms with E-state index in [0.29, 0.717) is 18.4 Å². The van der Waals surface area contributed by atoms with E-state index in [1.165, 1.54) is 12.8 Å². The van der Waals surface area contributed by atoms with Crippen LogP contribution in [-0.2, 0) is 4.79 Å². The van der Waals surface area contributed by atoms with Crippen molar-refractivity contribution >= 4 is 12.0 Å². The number of aliphatic carboxylic acids is 1. The number of hydrogen-bond donors (Lipinski definition) is 3. The van der Waals surface area contributed by atoms with Crippen molar-refractivity contribution in [1.29, 1.82) is 0 Å². The van der Waals surface area contributed by atoms with Crippen LogP contribution in [0.4, 0.5) is 4.79 Å². The van der Waals surface area contributed by atoms with Crippen molar-refractivity contribution in [1.82, 2.24) is 10.6 Å². The first-order valence-corrected chi connectivity index (χ1v) is 7.19. The fraction of sp³-hybridized carbons (Fsp3) is 0.857. The Morgan fingerprint density at radius 2 is 1.95 bits per heavy atom. The third-order valence-corrected chi connectivity index (χ3v) is 4.62. The van der Waals surface area contributed by atoms with Gasteiger partial charge in [-0.2, -0.15) is 0 Å². The molecule has 5 nitrogen and oxygen atoms in total. The molecule has 0 saturated heterocycles. The molecule has 0 radical (unpaired) electrons. The molecule has 0 heterocycles. The van der Waals surface area contributed by atoms with Crippen molar-refractivity contribution < 1.29 is 14.7 Å². The molecule has 0 bridgehead atoms. The highest BCUT2D eigenvalue weighted by atomic mass is 16.4. The maximum atomic E-state index is 11.8. The molecular weight excluding hydrogens is 244 g/mol. The average Bonchev–Trinajstić information content (AvgIpc) is 3.17. The van der Waals surface area contributed by atoms with E-state index in [9.17, 15) is 9.59 Å². The SMILES string of the molecule is CC(C)C1(CNC(=O)NC(CC(=O)O)C2CC2)CC1. The summed E-state index contributed by atoms with van der Waals surface area (Å²) in [5, 5.41) is 14.6. The van der Waals surface area contributed by atoms with E-state index < -0.39 is 5.97 Å². The molecule has 2 aliphatic carbocycles. The molecule has 2 fully saturated rings. The quantitative estimate of drug-likeness (QED) is 0.660. The molecule has 0 aromatic carbocycles. The van der Waals surface area contributed by atoms with Gasteiger partial charge in [0, 0.05) is 12.6 Å². The number of amides is 2. The molecule has 3 N–H and O–H groups in total. The first-order valence-electron chi connectivity index (χ1n) is 7.19. The van der Waals surface area contributed by atoms with Crippen LogP contribution < -0.4 is 10.6 Å². The second-order valence-corrected chi connectivity index (χ2v) is 6.39. The molecule has 5 heteroatoms. The maximum Gasteiger partial charge on any atom is 0.315 e. The number of nitrogens with one attached hydrogen (secondary N) is 2. The van der Waals surface area contributed by atoms with Crippen LogP contribution in [0.25, 0.3) is 0 Å². The second kappa shape index (κ2) is 5.39. The van der Waals surface area contributed by atoms with Gasteiger partial charge in [0.1, 0.15) is 0 Å². The monoisotopic (exact) mass is 268 g/mol. The molecule has 0 aromatic heterocycles. The van der Waals surface area contributed by atoms with E-state index in [1.54, 1.807) is 0 Å². The third-order valence-electron chi connectivity index (χ3n) is 4.62. The van der Waals surface area contributed by atoms with Crippen LogP contribution in [0.1, 0.15) is 46.0 Å². The summed E-state index contributed by atoms with van der Waals surface area (Å²) in [6.45, 7) is 5.06. The molecule has 2 aliphatic rings. The van der Waals surface area contributed by atoms with E-state index in [2.05, 4.69) is 24.5 Å². The molecular formula is C14H24N2O3. The van der Waals surface area contributed by atoms with Gasteiger partial charge in [0.15, 0.2) is 0 Å². The lowest BCUT2D eigenvalue weighted by atomic mass is 9.92. The zero-order chi connectivity index (χ0) is 14.0. The lowest BCUT2D eigenvalue weighted by Gasteiger charge is -2.22. The van der Waals surface area contributed by atoms with Crippen LogP contribution >= 0.6 is 0 Å². The molecule has 2 rings (SSSR count). The Bertz CT molecular complexity index is 360. The highest BCUT2D eigenvalue weighted by molar-refractivity contribution is 5.76. The molecule has 0 aliphatic heterocycles. The minimum absolute atomic E-state index is 0.0212. The zero-order valence-corrected chi connectivity index (χ0v) is 11.7. The second-order valence-electron chi connectivity index (χ2n) is 6.39. The number of carboxylic acid groups (broad SMARTS) is 1. The minimum atomic E-state index is -0.849. The van der Waals surface area contributed by atoms with E-state index in [-0.39, 0.29) is 23.9 Å². The normalized spacial score (nSPS) is 21.8. The van der Waals surface area contributed by atoms with Crippen LogP contribution in [0.5, 0.6) is 0 Å². The molecule has 2 saturated carbocycles. The molecule has 1 atom stereocenters. The predicted molar refractivity (Wildman–Crippen MR) is 71.8 cm³/mol. The fourth-order valence-electron chi connectivity index (χ4n) is 2.62. The van der Waals surface area contributed by atoms with Gasteiger partial charge in [0.2, 0.25) is 0 Å². The summed E-state index contributed by atoms with van der Waals surface area (Å²) in [6.07, 6.45) is 4.41. The van der Waals surface area contributed by atoms with Gasteiger partial charge < -0.3 is 15.7 Å². The smallest absolute Gasteiger partial charge is 0.315 e. The largest absolute Gasteiger partial charge is 0.481 e. The van der Waals surface area contributed by atoms with E-state index in [1.807, 2.05) is 0 Å². The Hall–Kier alpha value is -1.26. The van der Waals surface area contributed by atoms with Gasteiger partial charge in [-0.15, -0.1) is 0 Å². The predicted octanol–water partition coefficient (Wildman–Crippen LogP) is 1.98. The molecule has 1 unspecified atom stereocenters. The lowest BCUT2D eigenvalue weighted by Crippen LogP contribution is -2.46. The Morgan fingerprint density at radius 3 is 2.37 bits per heavy atom. The van der Waals surface area contributed by atoms with Gasteiger partial charge in [-0.05, 0) is 42.9 Å². The number of carbonyl (C=O) groups is 2. The van der Waals surface area contributed by atoms with Crippen molar-refractivity contribution in [2.75, 3.05) is 6.54 Å². The van der Waals surface area contributed by atoms with Crippen molar-refractivity contribution in [2.24, 2.45) is 17.3 Å². The van der Waals surface area contributed by atoms with Crippen molar-refractivity contribution in [3.05, 3.63) is 0 Å². The summed E-state index contributed by atoms with van der Waals surface area (Å²) >= 11 is 0. The fourth-order valence-corrected chi connectivity index (χ4v) is 2.62. The van der Waals surface area contributed by atoms with Crippen LogP contribution in [0.2, 0.25) is 0 Å². The van der Waals surface area contributed by atoms with E-state index >= 15 is 0 Å². The third kappa shape index (κ3) is 3.85. The summed E-state index contributed by atoms with van der Waals surface area (Å²) in [5.74, 6) is 0.0749. The summed E-state index contributed by atoms with van der Waals surface area (Å²) in [5.41, 5.74) is 0.277. The average molecular weight is 268 g/mol. The molecule has 0 aromatic rings. The van der Waals surface area contributed by atoms with E-state index in [0.717, 1.165) is 12.8 Å². The van der Waals surface area contributed by atoms with Gasteiger partial charge in [0.25, 0.3) is 0 Å². The summed E-state index contributed by atoms with van der Waals surface area (Å²) < 4.78 is 0. The first-order chi connectivity index (χ1) is 8.93. The maximum absolute atomic E-state index is 11.8. The highest BCUT2D eigenvalue weighted by Crippen LogP contribution is 2.51. The molecule has 2 amide bonds. The van der Waals surface area contributed by atoms with E-state index in [4.69, 9.17) is 5.11 Å². The number of hydrogen-bond acceptors (Lipinski definition) is 2. The van der Waals surface area contributed by atoms with Gasteiger partial charge in [-0.3, -0.25) is 4.79 Å². The van der Waals surface area contributed by atoms with Crippen LogP contribution in [-0.4, -0.2) is 29.7 Å². The highest BCUT2D eigenvalue weighted by Gasteiger charge is 2.45. The first kappa shape index (κ1) is 14.2. The number of carbonyl (C=O) groups excluding carboxylic acids is 1. The molecule has 108 valence electrons.